The summed E-state index contributed by atoms with van der Waals surface area (Å²) in [4.78, 5) is 25.5. The van der Waals surface area contributed by atoms with E-state index in [0.717, 1.165) is 35.4 Å². The second-order valence-electron chi connectivity index (χ2n) is 7.60. The van der Waals surface area contributed by atoms with Gasteiger partial charge in [0.15, 0.2) is 5.78 Å². The van der Waals surface area contributed by atoms with Crippen LogP contribution in [-0.2, 0) is 20.9 Å². The summed E-state index contributed by atoms with van der Waals surface area (Å²) in [6, 6.07) is 17.6. The number of methoxy groups -OCH3 is 1. The quantitative estimate of drug-likeness (QED) is 0.750. The molecular formula is C25H25NO4. The first kappa shape index (κ1) is 20.0. The lowest BCUT2D eigenvalue weighted by Gasteiger charge is -2.34. The van der Waals surface area contributed by atoms with Crippen LogP contribution < -0.4 is 10.1 Å². The molecule has 30 heavy (non-hydrogen) atoms. The minimum absolute atomic E-state index is 0.0817. The predicted molar refractivity (Wildman–Crippen MR) is 114 cm³/mol. The third-order valence-electron chi connectivity index (χ3n) is 5.62. The number of benzene rings is 2. The summed E-state index contributed by atoms with van der Waals surface area (Å²) in [6.45, 7) is 2.31. The van der Waals surface area contributed by atoms with Gasteiger partial charge in [0.25, 0.3) is 0 Å². The average molecular weight is 403 g/mol. The highest BCUT2D eigenvalue weighted by molar-refractivity contribution is 6.03. The Balaban J connectivity index is 1.71. The van der Waals surface area contributed by atoms with Crippen LogP contribution in [0.2, 0.25) is 0 Å². The first-order valence-electron chi connectivity index (χ1n) is 10.2. The van der Waals surface area contributed by atoms with Crippen molar-refractivity contribution in [3.63, 3.8) is 0 Å². The van der Waals surface area contributed by atoms with Crippen molar-refractivity contribution in [3.05, 3.63) is 88.3 Å². The fourth-order valence-electron chi connectivity index (χ4n) is 4.22. The lowest BCUT2D eigenvalue weighted by Crippen LogP contribution is -2.34. The molecule has 0 aromatic heterocycles. The van der Waals surface area contributed by atoms with E-state index in [0.29, 0.717) is 29.9 Å². The fraction of sp³-hybridized carbons (Fsp3) is 0.280. The first-order chi connectivity index (χ1) is 14.6. The highest BCUT2D eigenvalue weighted by atomic mass is 16.5. The van der Waals surface area contributed by atoms with Crippen LogP contribution >= 0.6 is 0 Å². The molecule has 1 unspecified atom stereocenters. The summed E-state index contributed by atoms with van der Waals surface area (Å²) >= 11 is 0. The van der Waals surface area contributed by atoms with E-state index in [1.165, 1.54) is 7.11 Å². The number of allylic oxidation sites excluding steroid dienone is 3. The van der Waals surface area contributed by atoms with Gasteiger partial charge in [-0.15, -0.1) is 0 Å². The van der Waals surface area contributed by atoms with Crippen LogP contribution in [0.25, 0.3) is 0 Å². The highest BCUT2D eigenvalue weighted by Crippen LogP contribution is 2.43. The Hall–Kier alpha value is -3.34. The summed E-state index contributed by atoms with van der Waals surface area (Å²) in [5.41, 5.74) is 4.72. The lowest BCUT2D eigenvalue weighted by atomic mass is 9.75. The number of dihydropyridines is 1. The largest absolute Gasteiger partial charge is 0.489 e. The van der Waals surface area contributed by atoms with Crippen molar-refractivity contribution in [2.45, 2.75) is 38.7 Å². The van der Waals surface area contributed by atoms with E-state index in [1.54, 1.807) is 0 Å². The number of Topliss-reactive ketones (excluding diaryl/α,β-unsaturated/α-hetero) is 1. The number of ether oxygens (including phenoxy) is 2. The number of rotatable bonds is 5. The Morgan fingerprint density at radius 1 is 1.10 bits per heavy atom. The van der Waals surface area contributed by atoms with Gasteiger partial charge in [-0.25, -0.2) is 4.79 Å². The van der Waals surface area contributed by atoms with E-state index in [-0.39, 0.29) is 5.78 Å². The second-order valence-corrected chi connectivity index (χ2v) is 7.60. The van der Waals surface area contributed by atoms with Crippen LogP contribution in [0.3, 0.4) is 0 Å². The van der Waals surface area contributed by atoms with Crippen LogP contribution in [0.5, 0.6) is 5.75 Å². The molecule has 5 nitrogen and oxygen atoms in total. The molecule has 5 heteroatoms. The molecule has 2 aliphatic rings. The molecular weight excluding hydrogens is 378 g/mol. The van der Waals surface area contributed by atoms with Gasteiger partial charge in [-0.2, -0.15) is 0 Å². The van der Waals surface area contributed by atoms with Crippen LogP contribution in [0.1, 0.15) is 43.2 Å². The lowest BCUT2D eigenvalue weighted by molar-refractivity contribution is -0.136. The van der Waals surface area contributed by atoms with Gasteiger partial charge < -0.3 is 14.8 Å². The van der Waals surface area contributed by atoms with Crippen molar-refractivity contribution in [1.29, 1.82) is 0 Å². The van der Waals surface area contributed by atoms with Crippen molar-refractivity contribution in [1.82, 2.24) is 5.32 Å². The summed E-state index contributed by atoms with van der Waals surface area (Å²) in [5, 5.41) is 3.28. The minimum atomic E-state index is -0.457. The first-order valence-corrected chi connectivity index (χ1v) is 10.2. The van der Waals surface area contributed by atoms with E-state index in [9.17, 15) is 9.59 Å². The SMILES string of the molecule is COC(=O)C1=C(C)NC2=C(C(=O)CCC2)C1c1cccc(OCc2ccccc2)c1. The van der Waals surface area contributed by atoms with E-state index in [2.05, 4.69) is 5.32 Å². The molecule has 1 aliphatic carbocycles. The van der Waals surface area contributed by atoms with E-state index in [4.69, 9.17) is 9.47 Å². The maximum Gasteiger partial charge on any atom is 0.336 e. The van der Waals surface area contributed by atoms with E-state index < -0.39 is 11.9 Å². The van der Waals surface area contributed by atoms with Gasteiger partial charge in [0, 0.05) is 29.3 Å². The normalized spacial score (nSPS) is 18.6. The number of nitrogens with one attached hydrogen (secondary N) is 1. The predicted octanol–water partition coefficient (Wildman–Crippen LogP) is 4.41. The van der Waals surface area contributed by atoms with Crippen molar-refractivity contribution in [2.75, 3.05) is 7.11 Å². The Morgan fingerprint density at radius 3 is 2.67 bits per heavy atom. The standard InChI is InChI=1S/C25H25NO4/c1-16-22(25(28)29-2)23(24-20(26-16)12-7-13-21(24)27)18-10-6-11-19(14-18)30-15-17-8-4-3-5-9-17/h3-6,8-11,14,23,26H,7,12-13,15H2,1-2H3. The average Bonchev–Trinajstić information content (AvgIpc) is 2.77. The third-order valence-corrected chi connectivity index (χ3v) is 5.62. The minimum Gasteiger partial charge on any atom is -0.489 e. The number of hydrogen-bond donors (Lipinski definition) is 1. The van der Waals surface area contributed by atoms with Gasteiger partial charge in [-0.3, -0.25) is 4.79 Å². The molecule has 0 saturated carbocycles. The molecule has 0 fully saturated rings. The monoisotopic (exact) mass is 403 g/mol. The second kappa shape index (κ2) is 8.57. The van der Waals surface area contributed by atoms with Gasteiger partial charge in [-0.1, -0.05) is 42.5 Å². The molecule has 1 atom stereocenters. The number of carbonyl (C=O) groups is 2. The van der Waals surface area contributed by atoms with Crippen LogP contribution in [-0.4, -0.2) is 18.9 Å². The molecule has 2 aromatic carbocycles. The maximum atomic E-state index is 12.9. The molecule has 1 N–H and O–H groups in total. The molecule has 0 amide bonds. The van der Waals surface area contributed by atoms with Gasteiger partial charge in [0.2, 0.25) is 0 Å². The molecule has 0 spiro atoms. The zero-order valence-electron chi connectivity index (χ0n) is 17.2. The summed E-state index contributed by atoms with van der Waals surface area (Å²) in [6.07, 6.45) is 2.11. The van der Waals surface area contributed by atoms with Crippen molar-refractivity contribution in [3.8, 4) is 5.75 Å². The number of esters is 1. The zero-order chi connectivity index (χ0) is 21.1. The van der Waals surface area contributed by atoms with Crippen LogP contribution in [0.15, 0.2) is 77.1 Å². The highest BCUT2D eigenvalue weighted by Gasteiger charge is 2.38. The Bertz CT molecular complexity index is 1040. The molecule has 1 aliphatic heterocycles. The van der Waals surface area contributed by atoms with E-state index >= 15 is 0 Å². The smallest absolute Gasteiger partial charge is 0.336 e. The molecule has 2 aromatic rings. The number of hydrogen-bond acceptors (Lipinski definition) is 5. The molecule has 4 rings (SSSR count). The van der Waals surface area contributed by atoms with Crippen LogP contribution in [0.4, 0.5) is 0 Å². The fourth-order valence-corrected chi connectivity index (χ4v) is 4.22. The van der Waals surface area contributed by atoms with Gasteiger partial charge >= 0.3 is 5.97 Å². The molecule has 1 heterocycles. The van der Waals surface area contributed by atoms with Gasteiger partial charge in [0.05, 0.1) is 12.7 Å². The summed E-state index contributed by atoms with van der Waals surface area (Å²) in [7, 11) is 1.37. The number of ketones is 1. The molecule has 0 bridgehead atoms. The van der Waals surface area contributed by atoms with Crippen molar-refractivity contribution >= 4 is 11.8 Å². The van der Waals surface area contributed by atoms with E-state index in [1.807, 2.05) is 61.5 Å². The topological polar surface area (TPSA) is 64.6 Å². The third kappa shape index (κ3) is 3.88. The van der Waals surface area contributed by atoms with Crippen molar-refractivity contribution < 1.29 is 19.1 Å². The molecule has 0 saturated heterocycles. The van der Waals surface area contributed by atoms with Gasteiger partial charge in [0.1, 0.15) is 12.4 Å². The van der Waals surface area contributed by atoms with Crippen molar-refractivity contribution in [2.24, 2.45) is 0 Å². The zero-order valence-corrected chi connectivity index (χ0v) is 17.2. The van der Waals surface area contributed by atoms with Crippen LogP contribution in [0, 0.1) is 0 Å². The summed E-state index contributed by atoms with van der Waals surface area (Å²) < 4.78 is 11.0. The number of carbonyl (C=O) groups excluding carboxylic acids is 2. The Labute approximate surface area is 176 Å². The molecule has 0 radical (unpaired) electrons. The Morgan fingerprint density at radius 2 is 1.90 bits per heavy atom. The molecule has 154 valence electrons. The summed E-state index contributed by atoms with van der Waals surface area (Å²) in [5.74, 6) is -0.104. The Kier molecular flexibility index (Phi) is 5.70. The maximum absolute atomic E-state index is 12.9. The van der Waals surface area contributed by atoms with Gasteiger partial charge in [-0.05, 0) is 43.0 Å².